The summed E-state index contributed by atoms with van der Waals surface area (Å²) in [6.45, 7) is -0.0256. The van der Waals surface area contributed by atoms with Crippen LogP contribution in [0.5, 0.6) is 5.75 Å². The lowest BCUT2D eigenvalue weighted by Gasteiger charge is -2.20. The first-order chi connectivity index (χ1) is 17.5. The van der Waals surface area contributed by atoms with Gasteiger partial charge < -0.3 is 15.0 Å². The highest BCUT2D eigenvalue weighted by molar-refractivity contribution is 6.02. The van der Waals surface area contributed by atoms with Gasteiger partial charge in [-0.15, -0.1) is 5.10 Å². The highest BCUT2D eigenvalue weighted by atomic mass is 16.5. The lowest BCUT2D eigenvalue weighted by Crippen LogP contribution is -2.49. The number of hydrogen-bond acceptors (Lipinski definition) is 6. The summed E-state index contributed by atoms with van der Waals surface area (Å²) in [7, 11) is 3.46. The number of rotatable bonds is 4. The molecule has 1 atom stereocenters. The summed E-state index contributed by atoms with van der Waals surface area (Å²) >= 11 is 0. The summed E-state index contributed by atoms with van der Waals surface area (Å²) in [6, 6.07) is 16.0. The number of benzene rings is 2. The lowest BCUT2D eigenvalue weighted by atomic mass is 10.1. The smallest absolute Gasteiger partial charge is 0.291 e. The molecule has 36 heavy (non-hydrogen) atoms. The molecule has 0 spiro atoms. The third-order valence-electron chi connectivity index (χ3n) is 5.66. The number of nitrogens with one attached hydrogen (secondary N) is 2. The number of H-pyrrole nitrogens is 1. The van der Waals surface area contributed by atoms with Crippen molar-refractivity contribution >= 4 is 17.5 Å². The Labute approximate surface area is 207 Å². The Kier molecular flexibility index (Phi) is 6.19. The average Bonchev–Trinajstić information content (AvgIpc) is 3.51. The maximum absolute atomic E-state index is 13.1. The fourth-order valence-corrected chi connectivity index (χ4v) is 3.79. The first-order valence-electron chi connectivity index (χ1n) is 11.3. The topological polar surface area (TPSA) is 118 Å². The van der Waals surface area contributed by atoms with Crippen molar-refractivity contribution in [2.75, 3.05) is 18.6 Å². The monoisotopic (exact) mass is 481 g/mol. The molecule has 10 heteroatoms. The quantitative estimate of drug-likeness (QED) is 0.428. The van der Waals surface area contributed by atoms with Crippen LogP contribution in [0.25, 0.3) is 0 Å². The number of carbonyl (C=O) groups is 2. The van der Waals surface area contributed by atoms with Crippen molar-refractivity contribution in [3.63, 3.8) is 0 Å². The van der Waals surface area contributed by atoms with Gasteiger partial charge in [0.15, 0.2) is 0 Å². The zero-order valence-electron chi connectivity index (χ0n) is 19.7. The van der Waals surface area contributed by atoms with Gasteiger partial charge in [-0.2, -0.15) is 5.10 Å². The van der Waals surface area contributed by atoms with Gasteiger partial charge in [0.2, 0.25) is 5.82 Å². The Morgan fingerprint density at radius 3 is 2.78 bits per heavy atom. The highest BCUT2D eigenvalue weighted by Gasteiger charge is 2.31. The van der Waals surface area contributed by atoms with Crippen LogP contribution in [0.3, 0.4) is 0 Å². The molecule has 1 aliphatic heterocycles. The van der Waals surface area contributed by atoms with Crippen LogP contribution in [0.2, 0.25) is 0 Å². The van der Waals surface area contributed by atoms with Gasteiger partial charge in [-0.25, -0.2) is 4.98 Å². The van der Waals surface area contributed by atoms with Crippen molar-refractivity contribution in [2.45, 2.75) is 12.5 Å². The fourth-order valence-electron chi connectivity index (χ4n) is 3.79. The Hall–Kier alpha value is -4.91. The van der Waals surface area contributed by atoms with Crippen LogP contribution in [-0.2, 0) is 18.3 Å². The Morgan fingerprint density at radius 1 is 1.17 bits per heavy atom. The SMILES string of the molecule is CN1C(=O)[C@@H](NC(=O)c2n[nH]c(Cc3ccccc3)n2)COc2ccc(C#Cc3ccn(C)n3)cc21. The maximum Gasteiger partial charge on any atom is 0.291 e. The number of amides is 2. The number of aromatic amines is 1. The van der Waals surface area contributed by atoms with E-state index >= 15 is 0 Å². The van der Waals surface area contributed by atoms with Crippen LogP contribution < -0.4 is 15.0 Å². The first-order valence-corrected chi connectivity index (χ1v) is 11.3. The Balaban J connectivity index is 1.27. The van der Waals surface area contributed by atoms with E-state index in [9.17, 15) is 9.59 Å². The zero-order chi connectivity index (χ0) is 25.1. The molecule has 2 aromatic heterocycles. The molecule has 5 rings (SSSR count). The summed E-state index contributed by atoms with van der Waals surface area (Å²) < 4.78 is 7.53. The summed E-state index contributed by atoms with van der Waals surface area (Å²) in [5.41, 5.74) is 2.95. The van der Waals surface area contributed by atoms with Crippen LogP contribution >= 0.6 is 0 Å². The number of likely N-dealkylation sites (N-methyl/N-ethyl adjacent to an activating group) is 1. The summed E-state index contributed by atoms with van der Waals surface area (Å²) in [5.74, 6) is 6.21. The molecule has 3 heterocycles. The molecule has 0 unspecified atom stereocenters. The van der Waals surface area contributed by atoms with Crippen molar-refractivity contribution in [1.29, 1.82) is 0 Å². The minimum atomic E-state index is -0.908. The molecule has 2 amide bonds. The predicted octanol–water partition coefficient (Wildman–Crippen LogP) is 1.68. The molecule has 10 nitrogen and oxygen atoms in total. The van der Waals surface area contributed by atoms with Gasteiger partial charge >= 0.3 is 0 Å². The second-order valence-corrected chi connectivity index (χ2v) is 8.31. The second kappa shape index (κ2) is 9.76. The number of carbonyl (C=O) groups excluding carboxylic acids is 2. The second-order valence-electron chi connectivity index (χ2n) is 8.31. The number of aryl methyl sites for hydroxylation is 1. The Bertz CT molecular complexity index is 1480. The molecule has 1 aliphatic rings. The largest absolute Gasteiger partial charge is 0.489 e. The lowest BCUT2D eigenvalue weighted by molar-refractivity contribution is -0.120. The first kappa shape index (κ1) is 22.9. The number of aromatic nitrogens is 5. The number of ether oxygens (including phenoxy) is 1. The van der Waals surface area contributed by atoms with Crippen molar-refractivity contribution in [3.8, 4) is 17.6 Å². The summed E-state index contributed by atoms with van der Waals surface area (Å²) in [5, 5.41) is 13.7. The van der Waals surface area contributed by atoms with E-state index in [0.29, 0.717) is 34.9 Å². The standard InChI is InChI=1S/C26H23N7O3/c1-32-13-12-19(31-32)10-8-18-9-11-22-21(14-18)33(2)26(35)20(16-36-22)27-25(34)24-28-23(29-30-24)15-17-6-4-3-5-7-17/h3-7,9,11-14,20H,15-16H2,1-2H3,(H,27,34)(H,28,29,30)/t20-/m0/s1. The van der Waals surface area contributed by atoms with Crippen LogP contribution in [-0.4, -0.2) is 56.5 Å². The van der Waals surface area contributed by atoms with Crippen LogP contribution in [0.4, 0.5) is 5.69 Å². The van der Waals surface area contributed by atoms with Gasteiger partial charge in [0.25, 0.3) is 11.8 Å². The number of anilines is 1. The highest BCUT2D eigenvalue weighted by Crippen LogP contribution is 2.31. The van der Waals surface area contributed by atoms with E-state index in [1.165, 1.54) is 4.90 Å². The average molecular weight is 482 g/mol. The molecule has 2 aromatic carbocycles. The van der Waals surface area contributed by atoms with Gasteiger partial charge in [-0.1, -0.05) is 36.3 Å². The van der Waals surface area contributed by atoms with Crippen molar-refractivity contribution in [1.82, 2.24) is 30.3 Å². The minimum absolute atomic E-state index is 0.0256. The predicted molar refractivity (Wildman–Crippen MR) is 131 cm³/mol. The molecule has 0 saturated carbocycles. The van der Waals surface area contributed by atoms with Crippen molar-refractivity contribution in [2.24, 2.45) is 7.05 Å². The summed E-state index contributed by atoms with van der Waals surface area (Å²) in [4.78, 5) is 31.7. The molecule has 0 radical (unpaired) electrons. The molecule has 0 fully saturated rings. The van der Waals surface area contributed by atoms with Crippen LogP contribution in [0.1, 0.15) is 33.3 Å². The van der Waals surface area contributed by atoms with Gasteiger partial charge in [-0.05, 0) is 35.7 Å². The minimum Gasteiger partial charge on any atom is -0.489 e. The van der Waals surface area contributed by atoms with E-state index in [1.807, 2.05) is 55.7 Å². The molecule has 4 aromatic rings. The maximum atomic E-state index is 13.1. The number of nitrogens with zero attached hydrogens (tertiary/aromatic N) is 5. The van der Waals surface area contributed by atoms with Crippen molar-refractivity contribution < 1.29 is 14.3 Å². The van der Waals surface area contributed by atoms with Crippen LogP contribution in [0, 0.1) is 11.8 Å². The third-order valence-corrected chi connectivity index (χ3v) is 5.66. The number of hydrogen-bond donors (Lipinski definition) is 2. The van der Waals surface area contributed by atoms with E-state index < -0.39 is 11.9 Å². The van der Waals surface area contributed by atoms with E-state index in [-0.39, 0.29) is 18.3 Å². The van der Waals surface area contributed by atoms with Gasteiger partial charge in [0.1, 0.15) is 29.9 Å². The summed E-state index contributed by atoms with van der Waals surface area (Å²) in [6.07, 6.45) is 2.33. The molecule has 0 saturated heterocycles. The molecule has 2 N–H and O–H groups in total. The van der Waals surface area contributed by atoms with Gasteiger partial charge in [-0.3, -0.25) is 19.4 Å². The molecular weight excluding hydrogens is 458 g/mol. The molecule has 0 aliphatic carbocycles. The van der Waals surface area contributed by atoms with Crippen molar-refractivity contribution in [3.05, 3.63) is 89.3 Å². The van der Waals surface area contributed by atoms with Gasteiger partial charge in [0, 0.05) is 32.3 Å². The number of fused-ring (bicyclic) bond motifs is 1. The van der Waals surface area contributed by atoms with E-state index in [2.05, 4.69) is 37.4 Å². The Morgan fingerprint density at radius 2 is 2.00 bits per heavy atom. The molecular formula is C26H23N7O3. The fraction of sp³-hybridized carbons (Fsp3) is 0.192. The third kappa shape index (κ3) is 4.95. The normalized spacial score (nSPS) is 14.8. The zero-order valence-corrected chi connectivity index (χ0v) is 19.7. The van der Waals surface area contributed by atoms with E-state index in [4.69, 9.17) is 4.74 Å². The molecule has 0 bridgehead atoms. The molecule has 180 valence electrons. The van der Waals surface area contributed by atoms with E-state index in [0.717, 1.165) is 5.56 Å². The van der Waals surface area contributed by atoms with E-state index in [1.54, 1.807) is 23.9 Å². The van der Waals surface area contributed by atoms with Crippen LogP contribution in [0.15, 0.2) is 60.8 Å². The van der Waals surface area contributed by atoms with Gasteiger partial charge in [0.05, 0.1) is 5.69 Å².